The number of nitrogens with zero attached hydrogens (tertiary/aromatic N) is 1. The minimum absolute atomic E-state index is 0. The highest BCUT2D eigenvalue weighted by molar-refractivity contribution is 6.03. The van der Waals surface area contributed by atoms with Gasteiger partial charge < -0.3 is 15.0 Å². The Hall–Kier alpha value is -1.17. The van der Waals surface area contributed by atoms with Crippen LogP contribution in [0.15, 0.2) is 18.2 Å². The number of hydrogen-bond donors (Lipinski definition) is 1. The number of hydrogen-bond acceptors (Lipinski definition) is 4. The number of nitrogens with one attached hydrogen (secondary N) is 1. The molecule has 122 valence electrons. The lowest BCUT2D eigenvalue weighted by Crippen LogP contribution is -2.38. The fraction of sp³-hybridized carbons (Fsp3) is 0.562. The summed E-state index contributed by atoms with van der Waals surface area (Å²) in [5.41, 5.74) is 1.38. The number of ketones is 1. The Kier molecular flexibility index (Phi) is 6.17. The van der Waals surface area contributed by atoms with Gasteiger partial charge in [0.1, 0.15) is 5.82 Å². The fourth-order valence-corrected chi connectivity index (χ4v) is 3.08. The maximum absolute atomic E-state index is 13.6. The lowest BCUT2D eigenvalue weighted by molar-refractivity contribution is 0.0894. The van der Waals surface area contributed by atoms with E-state index in [0.29, 0.717) is 31.9 Å². The summed E-state index contributed by atoms with van der Waals surface area (Å²) < 4.78 is 19.0. The van der Waals surface area contributed by atoms with Crippen LogP contribution in [0, 0.1) is 11.7 Å². The number of morpholine rings is 1. The zero-order valence-electron chi connectivity index (χ0n) is 12.5. The van der Waals surface area contributed by atoms with Crippen molar-refractivity contribution in [3.05, 3.63) is 29.6 Å². The first kappa shape index (κ1) is 17.2. The predicted molar refractivity (Wildman–Crippen MR) is 86.6 cm³/mol. The Balaban J connectivity index is 0.00000176. The van der Waals surface area contributed by atoms with Crippen LogP contribution in [0.4, 0.5) is 10.1 Å². The summed E-state index contributed by atoms with van der Waals surface area (Å²) in [6.07, 6.45) is 1.72. The van der Waals surface area contributed by atoms with E-state index < -0.39 is 0 Å². The minimum Gasteiger partial charge on any atom is -0.378 e. The van der Waals surface area contributed by atoms with Gasteiger partial charge in [0.2, 0.25) is 0 Å². The first-order valence-corrected chi connectivity index (χ1v) is 7.63. The number of piperidine rings is 1. The second-order valence-electron chi connectivity index (χ2n) is 5.65. The molecule has 2 aliphatic rings. The van der Waals surface area contributed by atoms with Crippen molar-refractivity contribution in [2.24, 2.45) is 5.92 Å². The summed E-state index contributed by atoms with van der Waals surface area (Å²) in [5.74, 6) is -0.0900. The third-order valence-electron chi connectivity index (χ3n) is 4.29. The monoisotopic (exact) mass is 328 g/mol. The second kappa shape index (κ2) is 7.90. The number of carbonyl (C=O) groups excluding carboxylic acids is 1. The Morgan fingerprint density at radius 2 is 1.91 bits per heavy atom. The zero-order chi connectivity index (χ0) is 14.7. The molecule has 0 bridgehead atoms. The summed E-state index contributed by atoms with van der Waals surface area (Å²) in [6, 6.07) is 4.52. The third kappa shape index (κ3) is 3.77. The Bertz CT molecular complexity index is 515. The van der Waals surface area contributed by atoms with Crippen molar-refractivity contribution in [2.45, 2.75) is 12.8 Å². The average molecular weight is 329 g/mol. The first-order valence-electron chi connectivity index (χ1n) is 7.63. The van der Waals surface area contributed by atoms with E-state index >= 15 is 0 Å². The summed E-state index contributed by atoms with van der Waals surface area (Å²) in [7, 11) is 0. The van der Waals surface area contributed by atoms with Gasteiger partial charge >= 0.3 is 0 Å². The van der Waals surface area contributed by atoms with Crippen LogP contribution in [-0.4, -0.2) is 45.2 Å². The molecule has 0 spiro atoms. The van der Waals surface area contributed by atoms with Gasteiger partial charge in [0.05, 0.1) is 18.9 Å². The van der Waals surface area contributed by atoms with Crippen LogP contribution in [0.2, 0.25) is 0 Å². The topological polar surface area (TPSA) is 41.6 Å². The number of Topliss-reactive ketones (excluding diaryl/α,β-unsaturated/α-hetero) is 1. The van der Waals surface area contributed by atoms with Gasteiger partial charge in [-0.3, -0.25) is 4.79 Å². The normalized spacial score (nSPS) is 19.6. The maximum Gasteiger partial charge on any atom is 0.168 e. The number of halogens is 2. The lowest BCUT2D eigenvalue weighted by Gasteiger charge is -2.31. The zero-order valence-corrected chi connectivity index (χ0v) is 13.3. The van der Waals surface area contributed by atoms with Crippen molar-refractivity contribution in [1.82, 2.24) is 5.32 Å². The molecule has 22 heavy (non-hydrogen) atoms. The standard InChI is InChI=1S/C16H21FN2O2.ClH/c17-13-1-2-14(16(20)12-3-5-18-6-4-12)15(11-13)19-7-9-21-10-8-19;/h1-2,11-12,18H,3-10H2;1H. The van der Waals surface area contributed by atoms with Gasteiger partial charge in [0.25, 0.3) is 0 Å². The Labute approximate surface area is 136 Å². The van der Waals surface area contributed by atoms with Crippen LogP contribution >= 0.6 is 12.4 Å². The largest absolute Gasteiger partial charge is 0.378 e. The molecule has 3 rings (SSSR count). The van der Waals surface area contributed by atoms with Crippen molar-refractivity contribution in [2.75, 3.05) is 44.3 Å². The molecule has 0 radical (unpaired) electrons. The van der Waals surface area contributed by atoms with E-state index in [-0.39, 0.29) is 29.9 Å². The van der Waals surface area contributed by atoms with Crippen LogP contribution in [0.3, 0.4) is 0 Å². The highest BCUT2D eigenvalue weighted by Gasteiger charge is 2.26. The maximum atomic E-state index is 13.6. The van der Waals surface area contributed by atoms with Crippen molar-refractivity contribution >= 4 is 23.9 Å². The van der Waals surface area contributed by atoms with Crippen molar-refractivity contribution in [3.63, 3.8) is 0 Å². The molecule has 2 heterocycles. The molecule has 4 nitrogen and oxygen atoms in total. The van der Waals surface area contributed by atoms with Gasteiger partial charge in [-0.25, -0.2) is 4.39 Å². The van der Waals surface area contributed by atoms with E-state index in [9.17, 15) is 9.18 Å². The molecule has 1 N–H and O–H groups in total. The first-order chi connectivity index (χ1) is 10.3. The number of anilines is 1. The molecule has 0 unspecified atom stereocenters. The molecule has 1 aromatic rings. The van der Waals surface area contributed by atoms with E-state index in [2.05, 4.69) is 10.2 Å². The highest BCUT2D eigenvalue weighted by atomic mass is 35.5. The molecule has 0 aliphatic carbocycles. The summed E-state index contributed by atoms with van der Waals surface area (Å²) in [4.78, 5) is 14.8. The van der Waals surface area contributed by atoms with Gasteiger partial charge in [0, 0.05) is 24.6 Å². The Morgan fingerprint density at radius 3 is 2.59 bits per heavy atom. The summed E-state index contributed by atoms with van der Waals surface area (Å²) >= 11 is 0. The second-order valence-corrected chi connectivity index (χ2v) is 5.65. The molecule has 0 amide bonds. The lowest BCUT2D eigenvalue weighted by atomic mass is 9.88. The van der Waals surface area contributed by atoms with E-state index in [1.54, 1.807) is 6.07 Å². The van der Waals surface area contributed by atoms with Crippen LogP contribution in [0.5, 0.6) is 0 Å². The van der Waals surface area contributed by atoms with Crippen LogP contribution < -0.4 is 10.2 Å². The van der Waals surface area contributed by atoms with Crippen LogP contribution in [0.1, 0.15) is 23.2 Å². The quantitative estimate of drug-likeness (QED) is 0.864. The van der Waals surface area contributed by atoms with Crippen LogP contribution in [-0.2, 0) is 4.74 Å². The molecule has 2 saturated heterocycles. The Morgan fingerprint density at radius 1 is 1.23 bits per heavy atom. The number of carbonyl (C=O) groups is 1. The van der Waals surface area contributed by atoms with Crippen molar-refractivity contribution in [3.8, 4) is 0 Å². The van der Waals surface area contributed by atoms with E-state index in [4.69, 9.17) is 4.74 Å². The van der Waals surface area contributed by atoms with Crippen molar-refractivity contribution < 1.29 is 13.9 Å². The van der Waals surface area contributed by atoms with Gasteiger partial charge in [-0.15, -0.1) is 12.4 Å². The predicted octanol–water partition coefficient (Wildman–Crippen LogP) is 2.27. The van der Waals surface area contributed by atoms with Gasteiger partial charge in [0.15, 0.2) is 5.78 Å². The van der Waals surface area contributed by atoms with E-state index in [0.717, 1.165) is 31.6 Å². The molecule has 0 aromatic heterocycles. The third-order valence-corrected chi connectivity index (χ3v) is 4.29. The molecule has 0 atom stereocenters. The van der Waals surface area contributed by atoms with Crippen molar-refractivity contribution in [1.29, 1.82) is 0 Å². The minimum atomic E-state index is -0.293. The molecule has 2 fully saturated rings. The van der Waals surface area contributed by atoms with Crippen LogP contribution in [0.25, 0.3) is 0 Å². The number of ether oxygens (including phenoxy) is 1. The molecule has 2 aliphatic heterocycles. The van der Waals surface area contributed by atoms with Gasteiger partial charge in [-0.05, 0) is 44.1 Å². The molecular weight excluding hydrogens is 307 g/mol. The fourth-order valence-electron chi connectivity index (χ4n) is 3.08. The van der Waals surface area contributed by atoms with Gasteiger partial charge in [-0.1, -0.05) is 0 Å². The smallest absolute Gasteiger partial charge is 0.168 e. The summed E-state index contributed by atoms with van der Waals surface area (Å²) in [6.45, 7) is 4.41. The van der Waals surface area contributed by atoms with E-state index in [1.807, 2.05) is 0 Å². The highest BCUT2D eigenvalue weighted by Crippen LogP contribution is 2.28. The number of benzene rings is 1. The van der Waals surface area contributed by atoms with Gasteiger partial charge in [-0.2, -0.15) is 0 Å². The number of rotatable bonds is 3. The average Bonchev–Trinajstić information content (AvgIpc) is 2.56. The van der Waals surface area contributed by atoms with E-state index in [1.165, 1.54) is 12.1 Å². The SMILES string of the molecule is Cl.O=C(c1ccc(F)cc1N1CCOCC1)C1CCNCC1. The summed E-state index contributed by atoms with van der Waals surface area (Å²) in [5, 5.41) is 3.27. The molecule has 1 aromatic carbocycles. The molecular formula is C16H22ClFN2O2. The molecule has 6 heteroatoms. The molecule has 0 saturated carbocycles.